The van der Waals surface area contributed by atoms with Crippen molar-refractivity contribution < 1.29 is 14.1 Å². The lowest BCUT2D eigenvalue weighted by Gasteiger charge is -2.08. The van der Waals surface area contributed by atoms with Crippen LogP contribution in [0.25, 0.3) is 5.69 Å². The summed E-state index contributed by atoms with van der Waals surface area (Å²) < 4.78 is 19.9. The van der Waals surface area contributed by atoms with Crippen molar-refractivity contribution >= 4 is 5.69 Å². The topological polar surface area (TPSA) is 70.2 Å². The van der Waals surface area contributed by atoms with Crippen LogP contribution in [0.3, 0.4) is 0 Å². The van der Waals surface area contributed by atoms with Crippen LogP contribution in [0, 0.1) is 15.9 Å². The van der Waals surface area contributed by atoms with Crippen molar-refractivity contribution in [1.82, 2.24) is 9.78 Å². The van der Waals surface area contributed by atoms with Crippen LogP contribution < -0.4 is 4.74 Å². The lowest BCUT2D eigenvalue weighted by atomic mass is 10.2. The van der Waals surface area contributed by atoms with E-state index in [4.69, 9.17) is 4.74 Å². The summed E-state index contributed by atoms with van der Waals surface area (Å²) in [5.74, 6) is 0.267. The lowest BCUT2D eigenvalue weighted by Crippen LogP contribution is -1.98. The fourth-order valence-corrected chi connectivity index (χ4v) is 1.92. The lowest BCUT2D eigenvalue weighted by molar-refractivity contribution is -0.384. The van der Waals surface area contributed by atoms with Gasteiger partial charge in [-0.2, -0.15) is 5.10 Å². The van der Waals surface area contributed by atoms with E-state index in [9.17, 15) is 14.5 Å². The van der Waals surface area contributed by atoms with Crippen LogP contribution in [0.4, 0.5) is 10.1 Å². The molecule has 0 saturated carbocycles. The molecular weight excluding hydrogens is 289 g/mol. The van der Waals surface area contributed by atoms with Crippen LogP contribution in [0.5, 0.6) is 11.5 Å². The molecule has 0 N–H and O–H groups in total. The number of non-ortho nitro benzene ring substituents is 1. The first-order valence-electron chi connectivity index (χ1n) is 6.35. The molecule has 7 heteroatoms. The molecule has 110 valence electrons. The molecule has 3 rings (SSSR count). The first-order chi connectivity index (χ1) is 10.6. The van der Waals surface area contributed by atoms with Crippen molar-refractivity contribution in [3.63, 3.8) is 0 Å². The predicted molar refractivity (Wildman–Crippen MR) is 76.7 cm³/mol. The highest BCUT2D eigenvalue weighted by atomic mass is 19.1. The molecule has 0 amide bonds. The first kappa shape index (κ1) is 13.7. The zero-order chi connectivity index (χ0) is 15.5. The number of hydrogen-bond donors (Lipinski definition) is 0. The second-order valence-electron chi connectivity index (χ2n) is 4.45. The summed E-state index contributed by atoms with van der Waals surface area (Å²) in [6.07, 6.45) is 3.24. The smallest absolute Gasteiger partial charge is 0.275 e. The van der Waals surface area contributed by atoms with Crippen LogP contribution in [0.1, 0.15) is 0 Å². The Morgan fingerprint density at radius 1 is 1.14 bits per heavy atom. The number of nitro groups is 1. The zero-order valence-corrected chi connectivity index (χ0v) is 11.2. The molecule has 0 fully saturated rings. The summed E-state index contributed by atoms with van der Waals surface area (Å²) in [5.41, 5.74) is 0.376. The fraction of sp³-hybridized carbons (Fsp3) is 0. The van der Waals surface area contributed by atoms with E-state index in [1.807, 2.05) is 0 Å². The van der Waals surface area contributed by atoms with Gasteiger partial charge in [-0.25, -0.2) is 9.07 Å². The molecule has 0 bridgehead atoms. The summed E-state index contributed by atoms with van der Waals surface area (Å²) in [6.45, 7) is 0. The van der Waals surface area contributed by atoms with Gasteiger partial charge in [-0.1, -0.05) is 0 Å². The normalized spacial score (nSPS) is 10.4. The van der Waals surface area contributed by atoms with Gasteiger partial charge in [-0.05, 0) is 30.3 Å². The van der Waals surface area contributed by atoms with Crippen molar-refractivity contribution in [3.8, 4) is 17.2 Å². The Hall–Kier alpha value is -3.22. The monoisotopic (exact) mass is 299 g/mol. The predicted octanol–water partition coefficient (Wildman–Crippen LogP) is 3.71. The molecule has 1 heterocycles. The average Bonchev–Trinajstić information content (AvgIpc) is 3.04. The van der Waals surface area contributed by atoms with Crippen LogP contribution in [-0.2, 0) is 0 Å². The number of nitro benzene ring substituents is 1. The highest BCUT2D eigenvalue weighted by Gasteiger charge is 2.12. The number of benzene rings is 2. The molecule has 0 spiro atoms. The summed E-state index contributed by atoms with van der Waals surface area (Å²) in [7, 11) is 0. The van der Waals surface area contributed by atoms with E-state index in [1.165, 1.54) is 41.1 Å². The van der Waals surface area contributed by atoms with Gasteiger partial charge in [0, 0.05) is 24.5 Å². The molecule has 6 nitrogen and oxygen atoms in total. The maximum atomic E-state index is 12.9. The molecule has 2 aromatic carbocycles. The van der Waals surface area contributed by atoms with Crippen molar-refractivity contribution in [2.45, 2.75) is 0 Å². The maximum Gasteiger partial charge on any atom is 0.275 e. The van der Waals surface area contributed by atoms with Crippen LogP contribution in [-0.4, -0.2) is 14.7 Å². The van der Waals surface area contributed by atoms with Gasteiger partial charge < -0.3 is 4.74 Å². The molecule has 0 radical (unpaired) electrons. The van der Waals surface area contributed by atoms with Gasteiger partial charge in [-0.3, -0.25) is 10.1 Å². The van der Waals surface area contributed by atoms with Crippen LogP contribution in [0.2, 0.25) is 0 Å². The van der Waals surface area contributed by atoms with E-state index in [0.717, 1.165) is 0 Å². The highest BCUT2D eigenvalue weighted by Crippen LogP contribution is 2.28. The standard InChI is InChI=1S/C15H10FN3O3/c16-11-2-4-14(5-3-11)22-15-9-12(18-7-1-6-17-18)8-13(10-15)19(20)21/h1-10H. The third kappa shape index (κ3) is 2.93. The molecule has 3 aromatic rings. The second-order valence-corrected chi connectivity index (χ2v) is 4.45. The minimum Gasteiger partial charge on any atom is -0.457 e. The molecule has 1 aromatic heterocycles. The Labute approximate surface area is 124 Å². The van der Waals surface area contributed by atoms with Crippen molar-refractivity contribution in [2.24, 2.45) is 0 Å². The van der Waals surface area contributed by atoms with Gasteiger partial charge in [0.2, 0.25) is 0 Å². The Bertz CT molecular complexity index is 801. The first-order valence-corrected chi connectivity index (χ1v) is 6.35. The highest BCUT2D eigenvalue weighted by molar-refractivity contribution is 5.50. The van der Waals surface area contributed by atoms with E-state index in [-0.39, 0.29) is 17.3 Å². The van der Waals surface area contributed by atoms with Crippen molar-refractivity contribution in [2.75, 3.05) is 0 Å². The minimum atomic E-state index is -0.509. The molecule has 0 atom stereocenters. The third-order valence-corrected chi connectivity index (χ3v) is 2.91. The van der Waals surface area contributed by atoms with Gasteiger partial charge in [-0.15, -0.1) is 0 Å². The number of rotatable bonds is 4. The molecule has 0 aliphatic carbocycles. The van der Waals surface area contributed by atoms with E-state index < -0.39 is 4.92 Å². The second kappa shape index (κ2) is 5.65. The molecule has 22 heavy (non-hydrogen) atoms. The Balaban J connectivity index is 1.99. The minimum absolute atomic E-state index is 0.120. The number of ether oxygens (including phenoxy) is 1. The number of hydrogen-bond acceptors (Lipinski definition) is 4. The summed E-state index contributed by atoms with van der Waals surface area (Å²) in [5, 5.41) is 15.1. The van der Waals surface area contributed by atoms with E-state index in [1.54, 1.807) is 24.5 Å². The summed E-state index contributed by atoms with van der Waals surface area (Å²) >= 11 is 0. The molecule has 0 saturated heterocycles. The van der Waals surface area contributed by atoms with E-state index in [0.29, 0.717) is 11.4 Å². The maximum absolute atomic E-state index is 12.9. The van der Waals surface area contributed by atoms with Crippen molar-refractivity contribution in [3.05, 3.63) is 76.9 Å². The quantitative estimate of drug-likeness (QED) is 0.544. The SMILES string of the molecule is O=[N+]([O-])c1cc(Oc2ccc(F)cc2)cc(-n2cccn2)c1. The largest absolute Gasteiger partial charge is 0.457 e. The zero-order valence-electron chi connectivity index (χ0n) is 11.2. The summed E-state index contributed by atoms with van der Waals surface area (Å²) in [4.78, 5) is 10.5. The van der Waals surface area contributed by atoms with Gasteiger partial charge in [0.15, 0.2) is 0 Å². The van der Waals surface area contributed by atoms with Gasteiger partial charge >= 0.3 is 0 Å². The van der Waals surface area contributed by atoms with Crippen LogP contribution >= 0.6 is 0 Å². The van der Waals surface area contributed by atoms with Gasteiger partial charge in [0.25, 0.3) is 5.69 Å². The Morgan fingerprint density at radius 3 is 2.55 bits per heavy atom. The average molecular weight is 299 g/mol. The molecule has 0 unspecified atom stereocenters. The third-order valence-electron chi connectivity index (χ3n) is 2.91. The molecule has 0 aliphatic rings. The van der Waals surface area contributed by atoms with Gasteiger partial charge in [0.1, 0.15) is 17.3 Å². The Kier molecular flexibility index (Phi) is 3.53. The number of aromatic nitrogens is 2. The number of nitrogens with zero attached hydrogens (tertiary/aromatic N) is 3. The fourth-order valence-electron chi connectivity index (χ4n) is 1.92. The van der Waals surface area contributed by atoms with Crippen LogP contribution in [0.15, 0.2) is 60.9 Å². The van der Waals surface area contributed by atoms with Gasteiger partial charge in [0.05, 0.1) is 16.7 Å². The summed E-state index contributed by atoms with van der Waals surface area (Å²) in [6, 6.07) is 11.4. The Morgan fingerprint density at radius 2 is 1.91 bits per heavy atom. The van der Waals surface area contributed by atoms with E-state index >= 15 is 0 Å². The van der Waals surface area contributed by atoms with E-state index in [2.05, 4.69) is 5.10 Å². The molecular formula is C15H10FN3O3. The molecule has 0 aliphatic heterocycles. The van der Waals surface area contributed by atoms with Crippen molar-refractivity contribution in [1.29, 1.82) is 0 Å². The number of halogens is 1.